The Labute approximate surface area is 126 Å². The van der Waals surface area contributed by atoms with E-state index in [-0.39, 0.29) is 0 Å². The van der Waals surface area contributed by atoms with E-state index in [1.165, 1.54) is 0 Å². The molecule has 0 saturated heterocycles. The van der Waals surface area contributed by atoms with Crippen LogP contribution in [0.25, 0.3) is 10.9 Å². The Kier molecular flexibility index (Phi) is 3.44. The number of halogens is 3. The highest BCUT2D eigenvalue weighted by molar-refractivity contribution is 6.36. The molecule has 2 aromatic carbocycles. The molecule has 0 aliphatic carbocycles. The van der Waals surface area contributed by atoms with E-state index in [0.29, 0.717) is 16.6 Å². The minimum absolute atomic E-state index is 0.627. The fourth-order valence-corrected chi connectivity index (χ4v) is 2.93. The van der Waals surface area contributed by atoms with Crippen LogP contribution < -0.4 is 0 Å². The molecule has 3 rings (SSSR count). The van der Waals surface area contributed by atoms with E-state index in [1.807, 2.05) is 48.7 Å². The lowest BCUT2D eigenvalue weighted by molar-refractivity contribution is 0.837. The number of hydrogen-bond acceptors (Lipinski definition) is 0. The number of fused-ring (bicyclic) bond motifs is 1. The molecule has 0 amide bonds. The monoisotopic (exact) mass is 309 g/mol. The van der Waals surface area contributed by atoms with Crippen LogP contribution in [0, 0.1) is 0 Å². The summed E-state index contributed by atoms with van der Waals surface area (Å²) in [6, 6.07) is 13.4. The molecule has 0 saturated carbocycles. The van der Waals surface area contributed by atoms with E-state index in [0.717, 1.165) is 21.5 Å². The van der Waals surface area contributed by atoms with E-state index >= 15 is 0 Å². The largest absolute Gasteiger partial charge is 0.343 e. The fraction of sp³-hybridized carbons (Fsp3) is 0.0667. The van der Waals surface area contributed by atoms with Crippen LogP contribution in [0.2, 0.25) is 15.1 Å². The molecule has 0 atom stereocenters. The zero-order valence-corrected chi connectivity index (χ0v) is 12.2. The van der Waals surface area contributed by atoms with Crippen LogP contribution in [0.5, 0.6) is 0 Å². The summed E-state index contributed by atoms with van der Waals surface area (Å²) in [4.78, 5) is 0. The van der Waals surface area contributed by atoms with E-state index < -0.39 is 0 Å². The summed E-state index contributed by atoms with van der Waals surface area (Å²) in [6.07, 6.45) is 2.00. The van der Waals surface area contributed by atoms with Gasteiger partial charge in [-0.25, -0.2) is 0 Å². The van der Waals surface area contributed by atoms with Gasteiger partial charge in [0.2, 0.25) is 0 Å². The highest BCUT2D eigenvalue weighted by atomic mass is 35.5. The molecule has 0 bridgehead atoms. The normalized spacial score (nSPS) is 11.1. The first-order valence-electron chi connectivity index (χ1n) is 5.83. The molecule has 0 aliphatic rings. The molecule has 3 aromatic rings. The van der Waals surface area contributed by atoms with Gasteiger partial charge in [-0.2, -0.15) is 0 Å². The summed E-state index contributed by atoms with van der Waals surface area (Å²) in [5.74, 6) is 0. The third-order valence-corrected chi connectivity index (χ3v) is 4.19. The number of rotatable bonds is 2. The van der Waals surface area contributed by atoms with Crippen LogP contribution in [0.4, 0.5) is 0 Å². The fourth-order valence-electron chi connectivity index (χ4n) is 2.18. The van der Waals surface area contributed by atoms with Crippen molar-refractivity contribution >= 4 is 45.7 Å². The van der Waals surface area contributed by atoms with Crippen molar-refractivity contribution in [1.82, 2.24) is 4.57 Å². The summed E-state index contributed by atoms with van der Waals surface area (Å²) in [6.45, 7) is 0.627. The minimum Gasteiger partial charge on any atom is -0.343 e. The second-order valence-electron chi connectivity index (χ2n) is 4.32. The first-order chi connectivity index (χ1) is 9.16. The lowest BCUT2D eigenvalue weighted by atomic mass is 10.2. The van der Waals surface area contributed by atoms with Crippen molar-refractivity contribution in [3.05, 3.63) is 69.3 Å². The molecule has 0 spiro atoms. The third kappa shape index (κ3) is 2.34. The van der Waals surface area contributed by atoms with Gasteiger partial charge in [-0.1, -0.05) is 46.9 Å². The molecule has 0 unspecified atom stereocenters. The SMILES string of the molecule is Clc1cccc(Cl)c1Cn1ccc2c(Cl)cccc21. The molecule has 0 N–H and O–H groups in total. The average molecular weight is 311 g/mol. The number of nitrogens with zero attached hydrogens (tertiary/aromatic N) is 1. The summed E-state index contributed by atoms with van der Waals surface area (Å²) in [5, 5.41) is 3.14. The Morgan fingerprint density at radius 1 is 0.789 bits per heavy atom. The second kappa shape index (κ2) is 5.09. The topological polar surface area (TPSA) is 4.93 Å². The first kappa shape index (κ1) is 12.9. The number of benzene rings is 2. The van der Waals surface area contributed by atoms with Gasteiger partial charge in [0, 0.05) is 37.7 Å². The molecule has 4 heteroatoms. The minimum atomic E-state index is 0.627. The van der Waals surface area contributed by atoms with Crippen LogP contribution in [0.3, 0.4) is 0 Å². The maximum absolute atomic E-state index is 6.21. The van der Waals surface area contributed by atoms with Crippen LogP contribution in [0.15, 0.2) is 48.7 Å². The van der Waals surface area contributed by atoms with Crippen molar-refractivity contribution in [1.29, 1.82) is 0 Å². The van der Waals surface area contributed by atoms with Gasteiger partial charge in [0.1, 0.15) is 0 Å². The zero-order valence-electron chi connectivity index (χ0n) is 9.91. The maximum Gasteiger partial charge on any atom is 0.0505 e. The van der Waals surface area contributed by atoms with Gasteiger partial charge in [0.25, 0.3) is 0 Å². The Morgan fingerprint density at radius 3 is 2.16 bits per heavy atom. The average Bonchev–Trinajstić information content (AvgIpc) is 2.79. The van der Waals surface area contributed by atoms with Gasteiger partial charge >= 0.3 is 0 Å². The third-order valence-electron chi connectivity index (χ3n) is 3.15. The van der Waals surface area contributed by atoms with Crippen LogP contribution in [-0.2, 0) is 6.54 Å². The van der Waals surface area contributed by atoms with Crippen molar-refractivity contribution in [3.8, 4) is 0 Å². The predicted octanol–water partition coefficient (Wildman–Crippen LogP) is 5.65. The molecule has 96 valence electrons. The molecular formula is C15H10Cl3N. The lowest BCUT2D eigenvalue weighted by Gasteiger charge is -2.09. The van der Waals surface area contributed by atoms with Gasteiger partial charge in [0.05, 0.1) is 6.54 Å². The number of hydrogen-bond donors (Lipinski definition) is 0. The Hall–Kier alpha value is -1.15. The smallest absolute Gasteiger partial charge is 0.0505 e. The summed E-state index contributed by atoms with van der Waals surface area (Å²) >= 11 is 18.6. The predicted molar refractivity (Wildman–Crippen MR) is 82.5 cm³/mol. The zero-order chi connectivity index (χ0) is 13.4. The molecule has 1 nitrogen and oxygen atoms in total. The van der Waals surface area contributed by atoms with Crippen LogP contribution >= 0.6 is 34.8 Å². The maximum atomic E-state index is 6.21. The van der Waals surface area contributed by atoms with Crippen molar-refractivity contribution in [2.24, 2.45) is 0 Å². The number of aromatic nitrogens is 1. The van der Waals surface area contributed by atoms with E-state index in [2.05, 4.69) is 4.57 Å². The van der Waals surface area contributed by atoms with Crippen LogP contribution in [0.1, 0.15) is 5.56 Å². The molecule has 0 aliphatic heterocycles. The highest BCUT2D eigenvalue weighted by Gasteiger charge is 2.09. The molecule has 0 radical (unpaired) electrons. The van der Waals surface area contributed by atoms with Gasteiger partial charge in [0.15, 0.2) is 0 Å². The van der Waals surface area contributed by atoms with Crippen molar-refractivity contribution < 1.29 is 0 Å². The Bertz CT molecular complexity index is 726. The Morgan fingerprint density at radius 2 is 1.42 bits per heavy atom. The molecule has 1 aromatic heterocycles. The van der Waals surface area contributed by atoms with Gasteiger partial charge in [-0.05, 0) is 30.3 Å². The second-order valence-corrected chi connectivity index (χ2v) is 5.54. The van der Waals surface area contributed by atoms with Crippen molar-refractivity contribution in [3.63, 3.8) is 0 Å². The van der Waals surface area contributed by atoms with Crippen molar-refractivity contribution in [2.75, 3.05) is 0 Å². The molecular weight excluding hydrogens is 301 g/mol. The van der Waals surface area contributed by atoms with Crippen LogP contribution in [-0.4, -0.2) is 4.57 Å². The van der Waals surface area contributed by atoms with Gasteiger partial charge in [-0.3, -0.25) is 0 Å². The van der Waals surface area contributed by atoms with E-state index in [9.17, 15) is 0 Å². The highest BCUT2D eigenvalue weighted by Crippen LogP contribution is 2.29. The Balaban J connectivity index is 2.09. The molecule has 0 fully saturated rings. The first-order valence-corrected chi connectivity index (χ1v) is 6.96. The molecule has 19 heavy (non-hydrogen) atoms. The quantitative estimate of drug-likeness (QED) is 0.576. The lowest BCUT2D eigenvalue weighted by Crippen LogP contribution is -1.99. The summed E-state index contributed by atoms with van der Waals surface area (Å²) in [5.41, 5.74) is 1.99. The summed E-state index contributed by atoms with van der Waals surface area (Å²) in [7, 11) is 0. The standard InChI is InChI=1S/C15H10Cl3N/c16-12-5-2-6-15-10(12)7-8-19(15)9-11-13(17)3-1-4-14(11)18/h1-8H,9H2. The summed E-state index contributed by atoms with van der Waals surface area (Å²) < 4.78 is 2.09. The van der Waals surface area contributed by atoms with Gasteiger partial charge in [-0.15, -0.1) is 0 Å². The van der Waals surface area contributed by atoms with Gasteiger partial charge < -0.3 is 4.57 Å². The van der Waals surface area contributed by atoms with E-state index in [4.69, 9.17) is 34.8 Å². The molecule has 1 heterocycles. The van der Waals surface area contributed by atoms with E-state index in [1.54, 1.807) is 0 Å². The van der Waals surface area contributed by atoms with Crippen molar-refractivity contribution in [2.45, 2.75) is 6.54 Å².